The van der Waals surface area contributed by atoms with E-state index in [2.05, 4.69) is 189 Å². The first-order valence-corrected chi connectivity index (χ1v) is 18.8. The molecular formula is C50H45N3. The molecule has 0 radical (unpaired) electrons. The largest absolute Gasteiger partial charge is 0.404 e. The number of nitrogens with zero attached hydrogens (tertiary/aromatic N) is 2. The highest BCUT2D eigenvalue weighted by Gasteiger charge is 2.47. The number of hydrogen-bond donors (Lipinski definition) is 1. The molecule has 0 amide bonds. The summed E-state index contributed by atoms with van der Waals surface area (Å²) in [5, 5.41) is 0. The zero-order valence-electron chi connectivity index (χ0n) is 30.8. The van der Waals surface area contributed by atoms with Gasteiger partial charge in [0, 0.05) is 45.5 Å². The number of nitrogens with two attached hydrogens (primary N) is 1. The number of benzene rings is 5. The first-order chi connectivity index (χ1) is 25.8. The van der Waals surface area contributed by atoms with E-state index in [9.17, 15) is 0 Å². The molecule has 0 saturated heterocycles. The highest BCUT2D eigenvalue weighted by Crippen LogP contribution is 2.53. The van der Waals surface area contributed by atoms with Gasteiger partial charge >= 0.3 is 0 Å². The van der Waals surface area contributed by atoms with Crippen LogP contribution < -0.4 is 15.5 Å². The predicted molar refractivity (Wildman–Crippen MR) is 225 cm³/mol. The lowest BCUT2D eigenvalue weighted by atomic mass is 9.73. The molecule has 2 N–H and O–H groups in total. The Labute approximate surface area is 314 Å². The maximum absolute atomic E-state index is 5.93. The summed E-state index contributed by atoms with van der Waals surface area (Å²) < 4.78 is 0. The molecule has 9 rings (SSSR count). The summed E-state index contributed by atoms with van der Waals surface area (Å²) in [5.41, 5.74) is 22.9. The van der Waals surface area contributed by atoms with Crippen LogP contribution in [0.1, 0.15) is 61.4 Å². The van der Waals surface area contributed by atoms with Crippen molar-refractivity contribution >= 4 is 33.9 Å². The maximum Gasteiger partial charge on any atom is 0.0652 e. The van der Waals surface area contributed by atoms with Gasteiger partial charge in [0.15, 0.2) is 0 Å². The van der Waals surface area contributed by atoms with Gasteiger partial charge in [-0.2, -0.15) is 0 Å². The van der Waals surface area contributed by atoms with Crippen molar-refractivity contribution in [2.75, 3.05) is 9.80 Å². The maximum atomic E-state index is 5.93. The summed E-state index contributed by atoms with van der Waals surface area (Å²) in [6, 6.07) is 42.7. The van der Waals surface area contributed by atoms with Crippen LogP contribution in [-0.2, 0) is 10.8 Å². The Morgan fingerprint density at radius 3 is 2.19 bits per heavy atom. The quantitative estimate of drug-likeness (QED) is 0.173. The Morgan fingerprint density at radius 1 is 0.792 bits per heavy atom. The normalized spacial score (nSPS) is 20.5. The molecule has 0 spiro atoms. The van der Waals surface area contributed by atoms with Crippen molar-refractivity contribution < 1.29 is 0 Å². The number of fused-ring (bicyclic) bond motifs is 6. The molecule has 3 nitrogen and oxygen atoms in total. The Morgan fingerprint density at radius 2 is 1.47 bits per heavy atom. The fourth-order valence-electron chi connectivity index (χ4n) is 9.20. The predicted octanol–water partition coefficient (Wildman–Crippen LogP) is 12.3. The molecule has 1 aliphatic heterocycles. The van der Waals surface area contributed by atoms with E-state index < -0.39 is 0 Å². The van der Waals surface area contributed by atoms with Crippen molar-refractivity contribution in [2.45, 2.75) is 50.5 Å². The zero-order chi connectivity index (χ0) is 36.3. The molecular weight excluding hydrogens is 643 g/mol. The zero-order valence-corrected chi connectivity index (χ0v) is 30.8. The molecule has 0 saturated carbocycles. The highest BCUT2D eigenvalue weighted by atomic mass is 15.2. The molecule has 3 aliphatic carbocycles. The van der Waals surface area contributed by atoms with Gasteiger partial charge in [0.05, 0.1) is 6.04 Å². The summed E-state index contributed by atoms with van der Waals surface area (Å²) >= 11 is 0. The van der Waals surface area contributed by atoms with E-state index >= 15 is 0 Å². The Balaban J connectivity index is 1.10. The van der Waals surface area contributed by atoms with E-state index in [-0.39, 0.29) is 16.9 Å². The van der Waals surface area contributed by atoms with Gasteiger partial charge in [-0.3, -0.25) is 0 Å². The summed E-state index contributed by atoms with van der Waals surface area (Å²) in [7, 11) is 0. The summed E-state index contributed by atoms with van der Waals surface area (Å²) in [6.07, 6.45) is 19.6. The molecule has 0 aromatic heterocycles. The van der Waals surface area contributed by atoms with Crippen molar-refractivity contribution in [3.05, 3.63) is 204 Å². The van der Waals surface area contributed by atoms with Crippen LogP contribution in [0.15, 0.2) is 176 Å². The van der Waals surface area contributed by atoms with Gasteiger partial charge in [-0.15, -0.1) is 0 Å². The van der Waals surface area contributed by atoms with Crippen LogP contribution in [0.5, 0.6) is 0 Å². The third-order valence-electron chi connectivity index (χ3n) is 12.0. The minimum atomic E-state index is -0.147. The van der Waals surface area contributed by atoms with Crippen LogP contribution in [0.4, 0.5) is 22.7 Å². The van der Waals surface area contributed by atoms with Crippen LogP contribution in [0.2, 0.25) is 0 Å². The monoisotopic (exact) mass is 687 g/mol. The summed E-state index contributed by atoms with van der Waals surface area (Å²) in [4.78, 5) is 4.94. The van der Waals surface area contributed by atoms with Gasteiger partial charge in [0.25, 0.3) is 0 Å². The van der Waals surface area contributed by atoms with Gasteiger partial charge in [-0.25, -0.2) is 0 Å². The van der Waals surface area contributed by atoms with E-state index in [1.54, 1.807) is 12.3 Å². The van der Waals surface area contributed by atoms with Gasteiger partial charge in [0.1, 0.15) is 0 Å². The SMILES string of the molecule is C=C/C(=C\N)c1ccc(N(c2ccc(C3=CC4(C)c5ccccc5N(C5=CC=CCC5)[C@H]4C=C3)cc2)c2ccc3c(c2)C(C)(C)c2ccccc2-3)cc1. The van der Waals surface area contributed by atoms with Crippen LogP contribution in [0, 0.1) is 0 Å². The van der Waals surface area contributed by atoms with Gasteiger partial charge in [0.2, 0.25) is 0 Å². The standard InChI is InChI=1S/C50H45N3/c1-5-34(33-51)35-19-24-39(25-20-35)52(41-28-29-43-42-15-9-10-16-44(42)49(2,3)46(43)31-41)40-26-21-36(22-27-40)37-23-30-48-50(4,32-37)45-17-11-12-18-47(45)53(48)38-13-7-6-8-14-38/h5-7,9-13,15-33,48H,1,8,14,51H2,2-4H3/b34-33+/t48-,50?/m0/s1. The molecule has 2 atom stereocenters. The number of rotatable bonds is 7. The van der Waals surface area contributed by atoms with Crippen LogP contribution in [0.3, 0.4) is 0 Å². The Hall–Kier alpha value is -6.06. The fraction of sp³-hybridized carbons (Fsp3) is 0.160. The average molecular weight is 688 g/mol. The van der Waals surface area contributed by atoms with E-state index in [1.807, 2.05) is 0 Å². The third kappa shape index (κ3) is 5.17. The lowest BCUT2D eigenvalue weighted by Crippen LogP contribution is -2.41. The summed E-state index contributed by atoms with van der Waals surface area (Å²) in [6.45, 7) is 11.0. The topological polar surface area (TPSA) is 32.5 Å². The minimum Gasteiger partial charge on any atom is -0.404 e. The molecule has 0 fully saturated rings. The van der Waals surface area contributed by atoms with E-state index in [0.717, 1.165) is 41.0 Å². The second-order valence-corrected chi connectivity index (χ2v) is 15.4. The van der Waals surface area contributed by atoms with Gasteiger partial charge in [-0.1, -0.05) is 130 Å². The van der Waals surface area contributed by atoms with Crippen molar-refractivity contribution in [1.82, 2.24) is 0 Å². The van der Waals surface area contributed by atoms with Gasteiger partial charge in [-0.05, 0) is 118 Å². The van der Waals surface area contributed by atoms with E-state index in [1.165, 1.54) is 50.3 Å². The molecule has 5 aromatic rings. The number of allylic oxidation sites excluding steroid dienone is 8. The van der Waals surface area contributed by atoms with Gasteiger partial charge < -0.3 is 15.5 Å². The van der Waals surface area contributed by atoms with Crippen LogP contribution in [0.25, 0.3) is 22.3 Å². The fourth-order valence-corrected chi connectivity index (χ4v) is 9.20. The lowest BCUT2D eigenvalue weighted by molar-refractivity contribution is 0.539. The molecule has 4 aliphatic rings. The Kier molecular flexibility index (Phi) is 7.78. The molecule has 5 aromatic carbocycles. The third-order valence-corrected chi connectivity index (χ3v) is 12.0. The number of para-hydroxylation sites is 1. The van der Waals surface area contributed by atoms with Crippen LogP contribution in [-0.4, -0.2) is 6.04 Å². The number of hydrogen-bond acceptors (Lipinski definition) is 3. The lowest BCUT2D eigenvalue weighted by Gasteiger charge is -2.37. The molecule has 1 heterocycles. The minimum absolute atomic E-state index is 0.0987. The first kappa shape index (κ1) is 32.8. The second kappa shape index (κ2) is 12.6. The van der Waals surface area contributed by atoms with E-state index in [4.69, 9.17) is 5.73 Å². The second-order valence-electron chi connectivity index (χ2n) is 15.4. The van der Waals surface area contributed by atoms with E-state index in [0.29, 0.717) is 0 Å². The van der Waals surface area contributed by atoms with Crippen LogP contribution >= 0.6 is 0 Å². The Bertz CT molecular complexity index is 2420. The average Bonchev–Trinajstić information content (AvgIpc) is 3.60. The number of anilines is 4. The molecule has 1 unspecified atom stereocenters. The van der Waals surface area contributed by atoms with Crippen molar-refractivity contribution in [3.63, 3.8) is 0 Å². The highest BCUT2D eigenvalue weighted by molar-refractivity contribution is 5.87. The van der Waals surface area contributed by atoms with Crippen molar-refractivity contribution in [3.8, 4) is 11.1 Å². The molecule has 53 heavy (non-hydrogen) atoms. The van der Waals surface area contributed by atoms with Crippen molar-refractivity contribution in [2.24, 2.45) is 5.73 Å². The first-order valence-electron chi connectivity index (χ1n) is 18.8. The molecule has 0 bridgehead atoms. The van der Waals surface area contributed by atoms with Crippen molar-refractivity contribution in [1.29, 1.82) is 0 Å². The molecule has 260 valence electrons. The summed E-state index contributed by atoms with van der Waals surface area (Å²) in [5.74, 6) is 0. The molecule has 3 heteroatoms. The smallest absolute Gasteiger partial charge is 0.0652 e.